The summed E-state index contributed by atoms with van der Waals surface area (Å²) in [6, 6.07) is 7.75. The Balaban J connectivity index is 2.66. The number of alkyl carbamates (subject to hydrolysis) is 1. The lowest BCUT2D eigenvalue weighted by atomic mass is 10.1. The van der Waals surface area contributed by atoms with Gasteiger partial charge in [0, 0.05) is 0 Å². The Bertz CT molecular complexity index is 661. The Morgan fingerprint density at radius 3 is 2.44 bits per heavy atom. The molecule has 1 aromatic carbocycles. The summed E-state index contributed by atoms with van der Waals surface area (Å²) in [6.07, 6.45) is -0.684. The van der Waals surface area contributed by atoms with Crippen LogP contribution in [0.15, 0.2) is 30.3 Å². The molecular weight excluding hydrogens is 326 g/mol. The average molecular weight is 347 g/mol. The van der Waals surface area contributed by atoms with Gasteiger partial charge in [0.15, 0.2) is 0 Å². The number of amides is 1. The number of ketones is 1. The van der Waals surface area contributed by atoms with Gasteiger partial charge in [-0.15, -0.1) is 0 Å². The minimum absolute atomic E-state index is 0.0428. The van der Waals surface area contributed by atoms with Gasteiger partial charge in [0.05, 0.1) is 6.42 Å². The van der Waals surface area contributed by atoms with E-state index in [2.05, 4.69) is 10.1 Å². The van der Waals surface area contributed by atoms with Gasteiger partial charge in [-0.2, -0.15) is 4.79 Å². The topological polar surface area (TPSA) is 118 Å². The molecule has 0 bridgehead atoms. The maximum atomic E-state index is 11.9. The van der Waals surface area contributed by atoms with Crippen LogP contribution in [0, 0.1) is 0 Å². The van der Waals surface area contributed by atoms with Crippen LogP contribution >= 0.6 is 0 Å². The molecule has 0 aliphatic carbocycles. The van der Waals surface area contributed by atoms with Crippen molar-refractivity contribution in [2.45, 2.75) is 45.4 Å². The highest BCUT2D eigenvalue weighted by molar-refractivity contribution is 6.28. The van der Waals surface area contributed by atoms with Gasteiger partial charge >= 0.3 is 18.3 Å². The highest BCUT2D eigenvalue weighted by Gasteiger charge is 2.28. The lowest BCUT2D eigenvalue weighted by Gasteiger charge is -2.21. The summed E-state index contributed by atoms with van der Waals surface area (Å²) in [4.78, 5) is 38.2. The molecule has 1 aromatic rings. The summed E-state index contributed by atoms with van der Waals surface area (Å²) in [7, 11) is 0. The molecule has 0 spiro atoms. The molecule has 1 atom stereocenters. The van der Waals surface area contributed by atoms with Crippen LogP contribution in [0.2, 0.25) is 0 Å². The van der Waals surface area contributed by atoms with Gasteiger partial charge < -0.3 is 20.3 Å². The molecule has 0 aromatic heterocycles. The maximum absolute atomic E-state index is 11.9. The largest absolute Gasteiger partial charge is 0.461 e. The predicted molar refractivity (Wildman–Crippen MR) is 88.7 cm³/mol. The van der Waals surface area contributed by atoms with Gasteiger partial charge in [0.2, 0.25) is 0 Å². The Kier molecular flexibility index (Phi) is 7.49. The molecule has 0 aliphatic rings. The van der Waals surface area contributed by atoms with Crippen LogP contribution in [-0.2, 0) is 25.7 Å². The number of carbonyl (C=O) groups excluding carboxylic acids is 3. The number of Topliss-reactive ketones (excluding diaryl/α,β-unsaturated/α-hetero) is 1. The van der Waals surface area contributed by atoms with Gasteiger partial charge in [0.25, 0.3) is 5.78 Å². The van der Waals surface area contributed by atoms with Gasteiger partial charge in [-0.3, -0.25) is 9.59 Å². The van der Waals surface area contributed by atoms with E-state index in [1.807, 2.05) is 6.07 Å². The second-order valence-electron chi connectivity index (χ2n) is 6.20. The van der Waals surface area contributed by atoms with Crippen molar-refractivity contribution in [2.75, 3.05) is 0 Å². The molecule has 0 fully saturated rings. The number of benzene rings is 1. The summed E-state index contributed by atoms with van der Waals surface area (Å²) < 4.78 is 10.1. The number of rotatable bonds is 7. The lowest BCUT2D eigenvalue weighted by molar-refractivity contribution is -0.146. The minimum atomic E-state index is -1.26. The fourth-order valence-electron chi connectivity index (χ4n) is 1.78. The molecule has 0 heterocycles. The van der Waals surface area contributed by atoms with Crippen molar-refractivity contribution in [3.8, 4) is 0 Å². The van der Waals surface area contributed by atoms with Gasteiger partial charge in [-0.05, 0) is 26.3 Å². The fourth-order valence-corrected chi connectivity index (χ4v) is 1.78. The molecule has 0 unspecified atom stereocenters. The van der Waals surface area contributed by atoms with E-state index in [-0.39, 0.29) is 6.61 Å². The highest BCUT2D eigenvalue weighted by atomic mass is 16.6. The van der Waals surface area contributed by atoms with Crippen molar-refractivity contribution in [1.29, 1.82) is 0 Å². The van der Waals surface area contributed by atoms with Crippen LogP contribution in [0.3, 0.4) is 0 Å². The second kappa shape index (κ2) is 9.34. The van der Waals surface area contributed by atoms with E-state index in [0.717, 1.165) is 5.56 Å². The summed E-state index contributed by atoms with van der Waals surface area (Å²) in [6.45, 7) is 5.02. The van der Waals surface area contributed by atoms with Gasteiger partial charge in [-0.1, -0.05) is 30.3 Å². The normalized spacial score (nSPS) is 11.6. The van der Waals surface area contributed by atoms with E-state index in [9.17, 15) is 14.4 Å². The molecule has 1 rings (SSSR count). The van der Waals surface area contributed by atoms with Crippen LogP contribution < -0.4 is 5.32 Å². The summed E-state index contributed by atoms with van der Waals surface area (Å²) in [5.41, 5.74) is 8.50. The van der Waals surface area contributed by atoms with Crippen LogP contribution in [-0.4, -0.2) is 40.5 Å². The van der Waals surface area contributed by atoms with E-state index in [1.54, 1.807) is 45.0 Å². The first-order valence-electron chi connectivity index (χ1n) is 7.61. The zero-order chi connectivity index (χ0) is 18.9. The monoisotopic (exact) mass is 347 g/mol. The smallest absolute Gasteiger partial charge is 0.408 e. The van der Waals surface area contributed by atoms with E-state index in [0.29, 0.717) is 6.21 Å². The van der Waals surface area contributed by atoms with Crippen molar-refractivity contribution in [2.24, 2.45) is 0 Å². The van der Waals surface area contributed by atoms with Gasteiger partial charge in [0.1, 0.15) is 18.2 Å². The molecule has 1 N–H and O–H groups in total. The Morgan fingerprint density at radius 2 is 1.88 bits per heavy atom. The molecule has 134 valence electrons. The highest BCUT2D eigenvalue weighted by Crippen LogP contribution is 2.08. The van der Waals surface area contributed by atoms with Crippen molar-refractivity contribution >= 4 is 24.1 Å². The molecule has 0 saturated carbocycles. The van der Waals surface area contributed by atoms with Crippen LogP contribution in [0.5, 0.6) is 0 Å². The average Bonchev–Trinajstić information content (AvgIpc) is 2.51. The number of hydrogen-bond donors (Lipinski definition) is 1. The Morgan fingerprint density at radius 1 is 1.24 bits per heavy atom. The fraction of sp³-hybridized carbons (Fsp3) is 0.412. The standard InChI is InChI=1S/C17H21N3O5/c1-17(2,3)25-16(23)20-13(14(21)10-19-18)9-15(22)24-11-12-7-5-4-6-8-12/h4-8,10,13H,9,11H2,1-3H3,(H,20,23)/t13-/m0/s1. The van der Waals surface area contributed by atoms with Crippen LogP contribution in [0.4, 0.5) is 4.79 Å². The second-order valence-corrected chi connectivity index (χ2v) is 6.20. The van der Waals surface area contributed by atoms with Crippen molar-refractivity contribution in [1.82, 2.24) is 5.32 Å². The molecule has 0 radical (unpaired) electrons. The minimum Gasteiger partial charge on any atom is -0.461 e. The summed E-state index contributed by atoms with van der Waals surface area (Å²) in [5, 5.41) is 2.27. The lowest BCUT2D eigenvalue weighted by Crippen LogP contribution is -2.45. The van der Waals surface area contributed by atoms with Crippen LogP contribution in [0.25, 0.3) is 5.53 Å². The molecule has 8 nitrogen and oxygen atoms in total. The SMILES string of the molecule is CC(C)(C)OC(=O)N[C@@H](CC(=O)OCc1ccccc1)C(=O)C=[N+]=[N-]. The third-order valence-electron chi connectivity index (χ3n) is 2.83. The summed E-state index contributed by atoms with van der Waals surface area (Å²) in [5.74, 6) is -1.45. The van der Waals surface area contributed by atoms with E-state index in [4.69, 9.17) is 15.0 Å². The zero-order valence-electron chi connectivity index (χ0n) is 14.4. The van der Waals surface area contributed by atoms with E-state index < -0.39 is 35.9 Å². The zero-order valence-corrected chi connectivity index (χ0v) is 14.4. The molecule has 0 aliphatic heterocycles. The molecule has 1 amide bonds. The first-order chi connectivity index (χ1) is 11.7. The summed E-state index contributed by atoms with van der Waals surface area (Å²) >= 11 is 0. The van der Waals surface area contributed by atoms with E-state index in [1.165, 1.54) is 0 Å². The number of nitrogens with one attached hydrogen (secondary N) is 1. The first kappa shape index (κ1) is 20.1. The van der Waals surface area contributed by atoms with Crippen molar-refractivity contribution in [3.05, 3.63) is 41.4 Å². The van der Waals surface area contributed by atoms with Crippen LogP contribution in [0.1, 0.15) is 32.8 Å². The predicted octanol–water partition coefficient (Wildman–Crippen LogP) is 1.88. The maximum Gasteiger partial charge on any atom is 0.408 e. The molecule has 25 heavy (non-hydrogen) atoms. The van der Waals surface area contributed by atoms with Crippen molar-refractivity contribution < 1.29 is 28.6 Å². The third kappa shape index (κ3) is 8.43. The Hall–Kier alpha value is -2.99. The molecule has 8 heteroatoms. The third-order valence-corrected chi connectivity index (χ3v) is 2.83. The van der Waals surface area contributed by atoms with Gasteiger partial charge in [-0.25, -0.2) is 4.79 Å². The number of carbonyl (C=O) groups is 3. The quantitative estimate of drug-likeness (QED) is 0.350. The Labute approximate surface area is 145 Å². The number of nitrogens with zero attached hydrogens (tertiary/aromatic N) is 2. The molecule has 0 saturated heterocycles. The van der Waals surface area contributed by atoms with E-state index >= 15 is 0 Å². The van der Waals surface area contributed by atoms with Crippen molar-refractivity contribution in [3.63, 3.8) is 0 Å². The number of esters is 1. The molecular formula is C17H21N3O5. The number of ether oxygens (including phenoxy) is 2. The first-order valence-corrected chi connectivity index (χ1v) is 7.61. The number of hydrogen-bond acceptors (Lipinski definition) is 5.